The van der Waals surface area contributed by atoms with Crippen LogP contribution in [0.2, 0.25) is 0 Å². The highest BCUT2D eigenvalue weighted by Crippen LogP contribution is 2.42. The van der Waals surface area contributed by atoms with Gasteiger partial charge >= 0.3 is 0 Å². The first-order valence-corrected chi connectivity index (χ1v) is 10.9. The highest BCUT2D eigenvalue weighted by Gasteiger charge is 2.36. The average molecular weight is 430 g/mol. The van der Waals surface area contributed by atoms with E-state index in [0.29, 0.717) is 41.5 Å². The van der Waals surface area contributed by atoms with Crippen LogP contribution in [0.15, 0.2) is 42.7 Å². The number of hydrogen-bond acceptors (Lipinski definition) is 5. The van der Waals surface area contributed by atoms with Gasteiger partial charge in [-0.05, 0) is 49.4 Å². The predicted octanol–water partition coefficient (Wildman–Crippen LogP) is 2.76. The molecule has 162 valence electrons. The third kappa shape index (κ3) is 2.94. The quantitative estimate of drug-likeness (QED) is 0.595. The van der Waals surface area contributed by atoms with Crippen LogP contribution in [0.5, 0.6) is 0 Å². The smallest absolute Gasteiger partial charge is 0.261 e. The molecule has 1 atom stereocenters. The minimum Gasteiger partial charge on any atom is -0.367 e. The van der Waals surface area contributed by atoms with E-state index in [1.165, 1.54) is 10.5 Å². The van der Waals surface area contributed by atoms with Crippen LogP contribution >= 0.6 is 0 Å². The van der Waals surface area contributed by atoms with Gasteiger partial charge in [0.2, 0.25) is 0 Å². The number of nitrogens with zero attached hydrogens (tertiary/aromatic N) is 4. The van der Waals surface area contributed by atoms with E-state index in [4.69, 9.17) is 9.72 Å². The minimum absolute atomic E-state index is 0.0830. The second-order valence-corrected chi connectivity index (χ2v) is 8.64. The number of imide groups is 1. The average Bonchev–Trinajstić information content (AvgIpc) is 3.53. The number of pyridine rings is 1. The van der Waals surface area contributed by atoms with Crippen molar-refractivity contribution in [2.24, 2.45) is 0 Å². The molecule has 0 radical (unpaired) electrons. The summed E-state index contributed by atoms with van der Waals surface area (Å²) in [6.07, 6.45) is 5.66. The van der Waals surface area contributed by atoms with Crippen LogP contribution in [0.3, 0.4) is 0 Å². The van der Waals surface area contributed by atoms with E-state index >= 15 is 0 Å². The molecule has 3 aliphatic rings. The zero-order valence-corrected chi connectivity index (χ0v) is 17.7. The zero-order valence-electron chi connectivity index (χ0n) is 17.7. The molecule has 0 N–H and O–H groups in total. The fraction of sp³-hybridized carbons (Fsp3) is 0.333. The van der Waals surface area contributed by atoms with Gasteiger partial charge in [-0.25, -0.2) is 4.98 Å². The van der Waals surface area contributed by atoms with E-state index < -0.39 is 6.10 Å². The Labute approximate surface area is 184 Å². The molecular weight excluding hydrogens is 408 g/mol. The molecule has 2 aromatic heterocycles. The van der Waals surface area contributed by atoms with E-state index in [1.54, 1.807) is 36.1 Å². The van der Waals surface area contributed by atoms with Crippen LogP contribution in [0.1, 0.15) is 57.7 Å². The lowest BCUT2D eigenvalue weighted by Gasteiger charge is -2.31. The van der Waals surface area contributed by atoms with Crippen LogP contribution < -0.4 is 4.90 Å². The topological polar surface area (TPSA) is 84.2 Å². The van der Waals surface area contributed by atoms with Crippen molar-refractivity contribution in [3.05, 3.63) is 65.1 Å². The molecule has 0 spiro atoms. The molecule has 32 heavy (non-hydrogen) atoms. The van der Waals surface area contributed by atoms with E-state index in [-0.39, 0.29) is 24.3 Å². The Hall–Kier alpha value is -3.52. The van der Waals surface area contributed by atoms with Crippen molar-refractivity contribution < 1.29 is 19.1 Å². The Morgan fingerprint density at radius 3 is 2.47 bits per heavy atom. The summed E-state index contributed by atoms with van der Waals surface area (Å²) in [5, 5.41) is 0. The molecule has 1 aromatic carbocycles. The molecule has 2 fully saturated rings. The number of aromatic nitrogens is 2. The van der Waals surface area contributed by atoms with Crippen LogP contribution in [-0.2, 0) is 16.1 Å². The third-order valence-corrected chi connectivity index (χ3v) is 6.44. The van der Waals surface area contributed by atoms with Crippen LogP contribution in [0, 0.1) is 0 Å². The van der Waals surface area contributed by atoms with E-state index in [0.717, 1.165) is 18.5 Å². The van der Waals surface area contributed by atoms with Crippen LogP contribution in [0.4, 0.5) is 5.69 Å². The number of anilines is 1. The number of carbonyl (C=O) groups is 3. The molecule has 3 amide bonds. The molecule has 3 aromatic rings. The molecule has 1 aliphatic carbocycles. The predicted molar refractivity (Wildman–Crippen MR) is 116 cm³/mol. The van der Waals surface area contributed by atoms with Gasteiger partial charge in [-0.1, -0.05) is 12.1 Å². The van der Waals surface area contributed by atoms with Gasteiger partial charge in [0, 0.05) is 18.9 Å². The first-order chi connectivity index (χ1) is 15.5. The second-order valence-electron chi connectivity index (χ2n) is 8.64. The zero-order chi connectivity index (χ0) is 22.0. The summed E-state index contributed by atoms with van der Waals surface area (Å²) >= 11 is 0. The monoisotopic (exact) mass is 430 g/mol. The van der Waals surface area contributed by atoms with Crippen molar-refractivity contribution in [1.29, 1.82) is 0 Å². The Morgan fingerprint density at radius 1 is 1.06 bits per heavy atom. The summed E-state index contributed by atoms with van der Waals surface area (Å²) in [6.45, 7) is 2.78. The maximum absolute atomic E-state index is 12.8. The lowest BCUT2D eigenvalue weighted by atomic mass is 10.1. The number of morpholine rings is 1. The van der Waals surface area contributed by atoms with Crippen molar-refractivity contribution in [1.82, 2.24) is 14.3 Å². The van der Waals surface area contributed by atoms with E-state index in [1.807, 2.05) is 16.8 Å². The first-order valence-electron chi connectivity index (χ1n) is 10.9. The van der Waals surface area contributed by atoms with Crippen LogP contribution in [0.25, 0.3) is 5.65 Å². The molecular formula is C24H22N4O4. The lowest BCUT2D eigenvalue weighted by molar-refractivity contribution is -0.132. The van der Waals surface area contributed by atoms with Crippen LogP contribution in [-0.4, -0.2) is 51.3 Å². The summed E-state index contributed by atoms with van der Waals surface area (Å²) in [7, 11) is 0. The Kier molecular flexibility index (Phi) is 4.19. The standard InChI is InChI=1S/C24H22N4O4/c1-14-22(29)27(8-9-32-14)20-10-16(15-6-7-15)11-26-12-17(25-21(20)26)13-28-23(30)18-4-2-3-5-19(18)24(28)31/h2-5,10-12,14-15H,6-9,13H2,1H3. The third-order valence-electron chi connectivity index (χ3n) is 6.44. The molecule has 8 nitrogen and oxygen atoms in total. The van der Waals surface area contributed by atoms with E-state index in [2.05, 4.69) is 6.07 Å². The summed E-state index contributed by atoms with van der Waals surface area (Å²) in [5.74, 6) is -0.206. The summed E-state index contributed by atoms with van der Waals surface area (Å²) in [6, 6.07) is 8.91. The number of rotatable bonds is 4. The fourth-order valence-electron chi connectivity index (χ4n) is 4.57. The fourth-order valence-corrected chi connectivity index (χ4v) is 4.57. The summed E-state index contributed by atoms with van der Waals surface area (Å²) in [4.78, 5) is 46.1. The van der Waals surface area contributed by atoms with Gasteiger partial charge < -0.3 is 14.0 Å². The molecule has 6 rings (SSSR count). The number of carbonyl (C=O) groups excluding carboxylic acids is 3. The van der Waals surface area contributed by atoms with Gasteiger partial charge in [-0.15, -0.1) is 0 Å². The summed E-state index contributed by atoms with van der Waals surface area (Å²) < 4.78 is 7.41. The highest BCUT2D eigenvalue weighted by molar-refractivity contribution is 6.21. The number of benzene rings is 1. The van der Waals surface area contributed by atoms with Crippen molar-refractivity contribution in [3.63, 3.8) is 0 Å². The SMILES string of the molecule is CC1OCCN(c2cc(C3CC3)cn3cc(CN4C(=O)c5ccccc5C4=O)nc23)C1=O. The number of hydrogen-bond donors (Lipinski definition) is 0. The highest BCUT2D eigenvalue weighted by atomic mass is 16.5. The molecule has 4 heterocycles. The molecule has 1 unspecified atom stereocenters. The molecule has 8 heteroatoms. The number of amides is 3. The minimum atomic E-state index is -0.499. The van der Waals surface area contributed by atoms with Gasteiger partial charge in [-0.3, -0.25) is 19.3 Å². The summed E-state index contributed by atoms with van der Waals surface area (Å²) in [5.41, 5.74) is 4.01. The maximum atomic E-state index is 12.8. The number of ether oxygens (including phenoxy) is 1. The molecule has 1 saturated carbocycles. The Bertz CT molecular complexity index is 1260. The van der Waals surface area contributed by atoms with Crippen molar-refractivity contribution in [3.8, 4) is 0 Å². The Morgan fingerprint density at radius 2 is 1.78 bits per heavy atom. The number of imidazole rings is 1. The largest absolute Gasteiger partial charge is 0.367 e. The van der Waals surface area contributed by atoms with Crippen molar-refractivity contribution >= 4 is 29.1 Å². The molecule has 0 bridgehead atoms. The van der Waals surface area contributed by atoms with Gasteiger partial charge in [0.15, 0.2) is 5.65 Å². The normalized spacial score (nSPS) is 21.0. The van der Waals surface area contributed by atoms with Gasteiger partial charge in [0.25, 0.3) is 17.7 Å². The van der Waals surface area contributed by atoms with E-state index in [9.17, 15) is 14.4 Å². The second kappa shape index (κ2) is 7.00. The van der Waals surface area contributed by atoms with Crippen molar-refractivity contribution in [2.75, 3.05) is 18.1 Å². The lowest BCUT2D eigenvalue weighted by Crippen LogP contribution is -2.46. The van der Waals surface area contributed by atoms with Gasteiger partial charge in [0.1, 0.15) is 6.10 Å². The van der Waals surface area contributed by atoms with Gasteiger partial charge in [0.05, 0.1) is 35.7 Å². The molecule has 1 saturated heterocycles. The van der Waals surface area contributed by atoms with Crippen molar-refractivity contribution in [2.45, 2.75) is 38.3 Å². The maximum Gasteiger partial charge on any atom is 0.261 e. The number of fused-ring (bicyclic) bond motifs is 2. The van der Waals surface area contributed by atoms with Gasteiger partial charge in [-0.2, -0.15) is 0 Å². The first kappa shape index (κ1) is 19.2. The Balaban J connectivity index is 1.39. The molecule has 2 aliphatic heterocycles.